The van der Waals surface area contributed by atoms with Gasteiger partial charge in [-0.25, -0.2) is 8.42 Å². The molecule has 4 nitrogen and oxygen atoms in total. The Hall–Kier alpha value is -0.890. The first kappa shape index (κ1) is 14.5. The van der Waals surface area contributed by atoms with Gasteiger partial charge in [0.05, 0.1) is 9.47 Å². The van der Waals surface area contributed by atoms with Crippen molar-refractivity contribution in [3.8, 4) is 0 Å². The zero-order valence-corrected chi connectivity index (χ0v) is 13.4. The van der Waals surface area contributed by atoms with Crippen molar-refractivity contribution in [2.75, 3.05) is 4.72 Å². The second kappa shape index (κ2) is 5.62. The van der Waals surface area contributed by atoms with Crippen LogP contribution in [0.2, 0.25) is 0 Å². The lowest BCUT2D eigenvalue weighted by Gasteiger charge is -2.10. The Morgan fingerprint density at radius 2 is 2.05 bits per heavy atom. The van der Waals surface area contributed by atoms with Gasteiger partial charge in [-0.2, -0.15) is 0 Å². The molecule has 1 heterocycles. The molecule has 0 spiro atoms. The van der Waals surface area contributed by atoms with E-state index in [9.17, 15) is 8.42 Å². The second-order valence-corrected chi connectivity index (χ2v) is 8.27. The minimum atomic E-state index is -3.56. The van der Waals surface area contributed by atoms with Gasteiger partial charge in [0.15, 0.2) is 0 Å². The summed E-state index contributed by atoms with van der Waals surface area (Å²) in [6, 6.07) is 8.74. The van der Waals surface area contributed by atoms with Crippen molar-refractivity contribution < 1.29 is 8.42 Å². The Balaban J connectivity index is 2.36. The number of hydrogen-bond donors (Lipinski definition) is 2. The number of anilines is 1. The third kappa shape index (κ3) is 3.17. The van der Waals surface area contributed by atoms with Crippen LogP contribution in [0.15, 0.2) is 38.3 Å². The minimum Gasteiger partial charge on any atom is -0.326 e. The van der Waals surface area contributed by atoms with Crippen LogP contribution in [0.5, 0.6) is 0 Å². The first-order chi connectivity index (χ1) is 8.94. The normalized spacial score (nSPS) is 11.5. The molecule has 2 rings (SSSR count). The molecular formula is C12H13BrN2O2S2. The lowest BCUT2D eigenvalue weighted by atomic mass is 10.2. The van der Waals surface area contributed by atoms with Crippen LogP contribution in [-0.4, -0.2) is 8.42 Å². The fourth-order valence-corrected chi connectivity index (χ4v) is 4.88. The predicted octanol–water partition coefficient (Wildman–Crippen LogP) is 3.08. The van der Waals surface area contributed by atoms with E-state index in [-0.39, 0.29) is 10.8 Å². The summed E-state index contributed by atoms with van der Waals surface area (Å²) < 4.78 is 28.2. The minimum absolute atomic E-state index is 0.281. The van der Waals surface area contributed by atoms with E-state index in [0.29, 0.717) is 5.69 Å². The molecule has 0 saturated carbocycles. The molecule has 7 heteroatoms. The number of halogens is 1. The van der Waals surface area contributed by atoms with Crippen molar-refractivity contribution in [2.45, 2.75) is 17.7 Å². The summed E-state index contributed by atoms with van der Waals surface area (Å²) in [4.78, 5) is 0. The van der Waals surface area contributed by atoms with Crippen LogP contribution in [0.1, 0.15) is 11.1 Å². The van der Waals surface area contributed by atoms with Gasteiger partial charge in [0.2, 0.25) is 0 Å². The summed E-state index contributed by atoms with van der Waals surface area (Å²) in [6.45, 7) is 2.14. The van der Waals surface area contributed by atoms with Crippen LogP contribution < -0.4 is 10.5 Å². The molecule has 0 aliphatic rings. The van der Waals surface area contributed by atoms with Crippen LogP contribution in [0.3, 0.4) is 0 Å². The molecule has 102 valence electrons. The van der Waals surface area contributed by atoms with Gasteiger partial charge in [0, 0.05) is 6.54 Å². The van der Waals surface area contributed by atoms with E-state index in [0.717, 1.165) is 14.9 Å². The maximum atomic E-state index is 12.3. The van der Waals surface area contributed by atoms with Crippen LogP contribution in [0.4, 0.5) is 5.69 Å². The highest BCUT2D eigenvalue weighted by Crippen LogP contribution is 2.31. The molecule has 0 unspecified atom stereocenters. The number of para-hydroxylation sites is 1. The summed E-state index contributed by atoms with van der Waals surface area (Å²) in [7, 11) is -3.56. The Kier molecular flexibility index (Phi) is 4.29. The topological polar surface area (TPSA) is 72.2 Å². The van der Waals surface area contributed by atoms with Crippen molar-refractivity contribution in [3.63, 3.8) is 0 Å². The van der Waals surface area contributed by atoms with Crippen molar-refractivity contribution in [1.29, 1.82) is 0 Å². The van der Waals surface area contributed by atoms with Gasteiger partial charge in [0.1, 0.15) is 4.21 Å². The quantitative estimate of drug-likeness (QED) is 0.879. The van der Waals surface area contributed by atoms with Crippen LogP contribution in [-0.2, 0) is 16.6 Å². The number of nitrogens with two attached hydrogens (primary N) is 1. The Labute approximate surface area is 124 Å². The molecule has 0 fully saturated rings. The molecular weight excluding hydrogens is 348 g/mol. The van der Waals surface area contributed by atoms with Gasteiger partial charge >= 0.3 is 0 Å². The van der Waals surface area contributed by atoms with Crippen molar-refractivity contribution >= 4 is 43.0 Å². The van der Waals surface area contributed by atoms with Crippen molar-refractivity contribution in [3.05, 3.63) is 45.2 Å². The van der Waals surface area contributed by atoms with Crippen LogP contribution in [0.25, 0.3) is 0 Å². The number of aryl methyl sites for hydroxylation is 1. The first-order valence-corrected chi connectivity index (χ1v) is 8.60. The highest BCUT2D eigenvalue weighted by molar-refractivity contribution is 9.11. The van der Waals surface area contributed by atoms with Crippen LogP contribution in [0, 0.1) is 6.92 Å². The fraction of sp³-hybridized carbons (Fsp3) is 0.167. The molecule has 0 bridgehead atoms. The zero-order chi connectivity index (χ0) is 14.0. The average molecular weight is 361 g/mol. The van der Waals surface area contributed by atoms with Gasteiger partial charge in [-0.3, -0.25) is 4.72 Å². The van der Waals surface area contributed by atoms with E-state index in [1.807, 2.05) is 13.0 Å². The Morgan fingerprint density at radius 1 is 1.37 bits per heavy atom. The van der Waals surface area contributed by atoms with Gasteiger partial charge in [0.25, 0.3) is 10.0 Å². The smallest absolute Gasteiger partial charge is 0.271 e. The van der Waals surface area contributed by atoms with E-state index in [1.165, 1.54) is 11.3 Å². The molecule has 19 heavy (non-hydrogen) atoms. The maximum Gasteiger partial charge on any atom is 0.271 e. The molecule has 1 aromatic heterocycles. The maximum absolute atomic E-state index is 12.3. The molecule has 2 aromatic rings. The number of sulfonamides is 1. The molecule has 0 aliphatic carbocycles. The van der Waals surface area contributed by atoms with E-state index < -0.39 is 10.0 Å². The molecule has 0 saturated heterocycles. The SMILES string of the molecule is Cc1cc(S(=O)(=O)Nc2ccccc2CN)sc1Br. The van der Waals surface area contributed by atoms with Crippen LogP contribution >= 0.6 is 27.3 Å². The van der Waals surface area contributed by atoms with Gasteiger partial charge in [-0.1, -0.05) is 18.2 Å². The predicted molar refractivity (Wildman–Crippen MR) is 81.9 cm³/mol. The molecule has 0 atom stereocenters. The lowest BCUT2D eigenvalue weighted by Crippen LogP contribution is -2.13. The summed E-state index contributed by atoms with van der Waals surface area (Å²) in [5.74, 6) is 0. The zero-order valence-electron chi connectivity index (χ0n) is 10.2. The first-order valence-electron chi connectivity index (χ1n) is 5.51. The van der Waals surface area contributed by atoms with E-state index in [2.05, 4.69) is 20.7 Å². The highest BCUT2D eigenvalue weighted by Gasteiger charge is 2.19. The molecule has 0 radical (unpaired) electrons. The summed E-state index contributed by atoms with van der Waals surface area (Å²) in [5.41, 5.74) is 7.78. The van der Waals surface area contributed by atoms with E-state index in [1.54, 1.807) is 24.3 Å². The standard InChI is InChI=1S/C12H13BrN2O2S2/c1-8-6-11(18-12(8)13)19(16,17)15-10-5-3-2-4-9(10)7-14/h2-6,15H,7,14H2,1H3. The average Bonchev–Trinajstić information content (AvgIpc) is 2.71. The number of nitrogens with one attached hydrogen (secondary N) is 1. The number of benzene rings is 1. The van der Waals surface area contributed by atoms with E-state index in [4.69, 9.17) is 5.73 Å². The number of thiophene rings is 1. The molecule has 0 aliphatic heterocycles. The van der Waals surface area contributed by atoms with Gasteiger partial charge in [-0.05, 0) is 46.1 Å². The number of hydrogen-bond acceptors (Lipinski definition) is 4. The Bertz CT molecular complexity index is 676. The lowest BCUT2D eigenvalue weighted by molar-refractivity contribution is 0.603. The largest absolute Gasteiger partial charge is 0.326 e. The summed E-state index contributed by atoms with van der Waals surface area (Å²) >= 11 is 4.52. The van der Waals surface area contributed by atoms with Crippen molar-refractivity contribution in [1.82, 2.24) is 0 Å². The monoisotopic (exact) mass is 360 g/mol. The van der Waals surface area contributed by atoms with Gasteiger partial charge < -0.3 is 5.73 Å². The second-order valence-electron chi connectivity index (χ2n) is 3.99. The van der Waals surface area contributed by atoms with E-state index >= 15 is 0 Å². The van der Waals surface area contributed by atoms with Gasteiger partial charge in [-0.15, -0.1) is 11.3 Å². The summed E-state index contributed by atoms with van der Waals surface area (Å²) in [6.07, 6.45) is 0. The highest BCUT2D eigenvalue weighted by atomic mass is 79.9. The van der Waals surface area contributed by atoms with Crippen molar-refractivity contribution in [2.24, 2.45) is 5.73 Å². The number of rotatable bonds is 4. The summed E-state index contributed by atoms with van der Waals surface area (Å²) in [5, 5.41) is 0. The molecule has 1 aromatic carbocycles. The molecule has 3 N–H and O–H groups in total. The molecule has 0 amide bonds. The third-order valence-corrected chi connectivity index (χ3v) is 6.56. The third-order valence-electron chi connectivity index (χ3n) is 2.58. The Morgan fingerprint density at radius 3 is 2.63 bits per heavy atom. The fourth-order valence-electron chi connectivity index (χ4n) is 1.56.